The third-order valence-corrected chi connectivity index (χ3v) is 2.48. The van der Waals surface area contributed by atoms with Crippen LogP contribution >= 0.6 is 0 Å². The number of hydrogen-bond donors (Lipinski definition) is 2. The third kappa shape index (κ3) is 4.67. The Balaban J connectivity index is 2.62. The lowest BCUT2D eigenvalue weighted by atomic mass is 10.2. The number of amides is 2. The summed E-state index contributed by atoms with van der Waals surface area (Å²) in [5, 5.41) is 5.44. The number of methoxy groups -OCH3 is 3. The van der Waals surface area contributed by atoms with E-state index in [1.807, 2.05) is 0 Å². The Morgan fingerprint density at radius 3 is 2.32 bits per heavy atom. The van der Waals surface area contributed by atoms with E-state index in [9.17, 15) is 4.79 Å². The number of hydrogen-bond acceptors (Lipinski definition) is 4. The van der Waals surface area contributed by atoms with Crippen molar-refractivity contribution in [1.82, 2.24) is 5.32 Å². The van der Waals surface area contributed by atoms with Crippen LogP contribution in [0.3, 0.4) is 0 Å². The quantitative estimate of drug-likeness (QED) is 0.741. The highest BCUT2D eigenvalue weighted by Gasteiger charge is 2.12. The number of anilines is 1. The van der Waals surface area contributed by atoms with Crippen LogP contribution in [0.1, 0.15) is 6.42 Å². The van der Waals surface area contributed by atoms with Crippen LogP contribution in [0, 0.1) is 0 Å². The maximum atomic E-state index is 11.7. The molecule has 1 aromatic carbocycles. The van der Waals surface area contributed by atoms with Crippen LogP contribution in [0.25, 0.3) is 0 Å². The number of ether oxygens (including phenoxy) is 3. The van der Waals surface area contributed by atoms with Crippen LogP contribution in [-0.4, -0.2) is 40.5 Å². The standard InChI is InChI=1S/C13H20N2O4/c1-17-9-5-8-14-13(16)15-12-10(18-2)6-4-7-11(12)19-3/h4,6-7H,5,8-9H2,1-3H3,(H2,14,15,16). The average molecular weight is 268 g/mol. The first-order valence-electron chi connectivity index (χ1n) is 5.97. The molecule has 1 rings (SSSR count). The van der Waals surface area contributed by atoms with E-state index >= 15 is 0 Å². The van der Waals surface area contributed by atoms with E-state index < -0.39 is 0 Å². The number of benzene rings is 1. The second-order valence-corrected chi connectivity index (χ2v) is 3.76. The first-order valence-corrected chi connectivity index (χ1v) is 5.97. The minimum atomic E-state index is -0.307. The van der Waals surface area contributed by atoms with Gasteiger partial charge in [0, 0.05) is 20.3 Å². The fraction of sp³-hybridized carbons (Fsp3) is 0.462. The van der Waals surface area contributed by atoms with Gasteiger partial charge in [0.1, 0.15) is 17.2 Å². The van der Waals surface area contributed by atoms with Crippen molar-refractivity contribution < 1.29 is 19.0 Å². The topological polar surface area (TPSA) is 68.8 Å². The van der Waals surface area contributed by atoms with Crippen molar-refractivity contribution >= 4 is 11.7 Å². The Morgan fingerprint density at radius 1 is 1.16 bits per heavy atom. The molecule has 2 N–H and O–H groups in total. The molecule has 6 nitrogen and oxygen atoms in total. The molecule has 0 atom stereocenters. The lowest BCUT2D eigenvalue weighted by molar-refractivity contribution is 0.194. The van der Waals surface area contributed by atoms with Crippen LogP contribution in [0.2, 0.25) is 0 Å². The van der Waals surface area contributed by atoms with E-state index in [0.717, 1.165) is 6.42 Å². The molecule has 0 aromatic heterocycles. The molecule has 0 saturated heterocycles. The maximum Gasteiger partial charge on any atom is 0.319 e. The predicted octanol–water partition coefficient (Wildman–Crippen LogP) is 1.86. The molecule has 0 saturated carbocycles. The summed E-state index contributed by atoms with van der Waals surface area (Å²) in [6, 6.07) is 4.99. The number of nitrogens with one attached hydrogen (secondary N) is 2. The van der Waals surface area contributed by atoms with E-state index in [-0.39, 0.29) is 6.03 Å². The number of carbonyl (C=O) groups is 1. The second kappa shape index (κ2) is 8.20. The molecular formula is C13H20N2O4. The molecule has 0 radical (unpaired) electrons. The van der Waals surface area contributed by atoms with Gasteiger partial charge in [0.2, 0.25) is 0 Å². The summed E-state index contributed by atoms with van der Waals surface area (Å²) in [5.41, 5.74) is 0.511. The van der Waals surface area contributed by atoms with Crippen molar-refractivity contribution in [3.8, 4) is 11.5 Å². The molecule has 0 spiro atoms. The van der Waals surface area contributed by atoms with E-state index in [1.54, 1.807) is 25.3 Å². The lowest BCUT2D eigenvalue weighted by Crippen LogP contribution is -2.30. The average Bonchev–Trinajstić information content (AvgIpc) is 2.43. The molecule has 0 unspecified atom stereocenters. The first-order chi connectivity index (χ1) is 9.22. The Morgan fingerprint density at radius 2 is 1.79 bits per heavy atom. The normalized spacial score (nSPS) is 9.84. The minimum absolute atomic E-state index is 0.307. The van der Waals surface area contributed by atoms with Crippen molar-refractivity contribution in [3.05, 3.63) is 18.2 Å². The van der Waals surface area contributed by atoms with Crippen LogP contribution in [0.15, 0.2) is 18.2 Å². The lowest BCUT2D eigenvalue weighted by Gasteiger charge is -2.14. The van der Waals surface area contributed by atoms with E-state index in [4.69, 9.17) is 14.2 Å². The number of carbonyl (C=O) groups excluding carboxylic acids is 1. The van der Waals surface area contributed by atoms with Gasteiger partial charge in [-0.1, -0.05) is 6.07 Å². The fourth-order valence-corrected chi connectivity index (χ4v) is 1.55. The van der Waals surface area contributed by atoms with Crippen molar-refractivity contribution in [1.29, 1.82) is 0 Å². The van der Waals surface area contributed by atoms with Crippen molar-refractivity contribution in [2.24, 2.45) is 0 Å². The second-order valence-electron chi connectivity index (χ2n) is 3.76. The summed E-state index contributed by atoms with van der Waals surface area (Å²) in [6.07, 6.45) is 0.757. The molecule has 0 aliphatic heterocycles. The predicted molar refractivity (Wildman–Crippen MR) is 73.1 cm³/mol. The Labute approximate surface area is 113 Å². The highest BCUT2D eigenvalue weighted by atomic mass is 16.5. The van der Waals surface area contributed by atoms with Crippen LogP contribution in [0.5, 0.6) is 11.5 Å². The summed E-state index contributed by atoms with van der Waals surface area (Å²) < 4.78 is 15.3. The summed E-state index contributed by atoms with van der Waals surface area (Å²) in [4.78, 5) is 11.7. The van der Waals surface area contributed by atoms with Gasteiger partial charge in [-0.2, -0.15) is 0 Å². The van der Waals surface area contributed by atoms with Crippen LogP contribution < -0.4 is 20.1 Å². The van der Waals surface area contributed by atoms with Gasteiger partial charge in [0.05, 0.1) is 14.2 Å². The van der Waals surface area contributed by atoms with Gasteiger partial charge in [-0.25, -0.2) is 4.79 Å². The molecular weight excluding hydrogens is 248 g/mol. The molecule has 0 bridgehead atoms. The van der Waals surface area contributed by atoms with E-state index in [1.165, 1.54) is 14.2 Å². The maximum absolute atomic E-state index is 11.7. The minimum Gasteiger partial charge on any atom is -0.494 e. The smallest absolute Gasteiger partial charge is 0.319 e. The van der Waals surface area contributed by atoms with Crippen molar-refractivity contribution in [2.45, 2.75) is 6.42 Å². The summed E-state index contributed by atoms with van der Waals surface area (Å²) in [5.74, 6) is 1.10. The molecule has 1 aromatic rings. The van der Waals surface area contributed by atoms with E-state index in [2.05, 4.69) is 10.6 Å². The first kappa shape index (κ1) is 15.1. The van der Waals surface area contributed by atoms with Crippen molar-refractivity contribution in [2.75, 3.05) is 39.8 Å². The van der Waals surface area contributed by atoms with Crippen LogP contribution in [0.4, 0.5) is 10.5 Å². The third-order valence-electron chi connectivity index (χ3n) is 2.48. The van der Waals surface area contributed by atoms with Gasteiger partial charge in [-0.05, 0) is 18.6 Å². The zero-order valence-electron chi connectivity index (χ0n) is 11.5. The summed E-state index contributed by atoms with van der Waals surface area (Å²) >= 11 is 0. The molecule has 0 aliphatic carbocycles. The van der Waals surface area contributed by atoms with Gasteiger partial charge in [-0.15, -0.1) is 0 Å². The van der Waals surface area contributed by atoms with Crippen molar-refractivity contribution in [3.63, 3.8) is 0 Å². The Kier molecular flexibility index (Phi) is 6.52. The monoisotopic (exact) mass is 268 g/mol. The molecule has 0 fully saturated rings. The van der Waals surface area contributed by atoms with Gasteiger partial charge >= 0.3 is 6.03 Å². The zero-order valence-corrected chi connectivity index (χ0v) is 11.5. The molecule has 19 heavy (non-hydrogen) atoms. The largest absolute Gasteiger partial charge is 0.494 e. The van der Waals surface area contributed by atoms with Gasteiger partial charge in [0.15, 0.2) is 0 Å². The summed E-state index contributed by atoms with van der Waals surface area (Å²) in [7, 11) is 4.70. The SMILES string of the molecule is COCCCNC(=O)Nc1c(OC)cccc1OC. The number of urea groups is 1. The molecule has 106 valence electrons. The fourth-order valence-electron chi connectivity index (χ4n) is 1.55. The van der Waals surface area contributed by atoms with Gasteiger partial charge < -0.3 is 24.8 Å². The Hall–Kier alpha value is -1.95. The zero-order chi connectivity index (χ0) is 14.1. The van der Waals surface area contributed by atoms with Gasteiger partial charge in [0.25, 0.3) is 0 Å². The van der Waals surface area contributed by atoms with Gasteiger partial charge in [-0.3, -0.25) is 0 Å². The summed E-state index contributed by atoms with van der Waals surface area (Å²) in [6.45, 7) is 1.15. The molecule has 0 heterocycles. The number of rotatable bonds is 7. The molecule has 6 heteroatoms. The highest BCUT2D eigenvalue weighted by Crippen LogP contribution is 2.33. The van der Waals surface area contributed by atoms with E-state index in [0.29, 0.717) is 30.3 Å². The molecule has 2 amide bonds. The molecule has 0 aliphatic rings. The number of para-hydroxylation sites is 1. The van der Waals surface area contributed by atoms with Crippen LogP contribution in [-0.2, 0) is 4.74 Å². The highest BCUT2D eigenvalue weighted by molar-refractivity contribution is 5.92. The Bertz CT molecular complexity index is 387.